The van der Waals surface area contributed by atoms with Crippen LogP contribution in [0.2, 0.25) is 0 Å². The van der Waals surface area contributed by atoms with Crippen molar-refractivity contribution < 1.29 is 0 Å². The summed E-state index contributed by atoms with van der Waals surface area (Å²) in [5.41, 5.74) is 0.510. The fourth-order valence-electron chi connectivity index (χ4n) is 2.25. The van der Waals surface area contributed by atoms with Crippen LogP contribution in [0.25, 0.3) is 0 Å². The van der Waals surface area contributed by atoms with Gasteiger partial charge in [-0.15, -0.1) is 0 Å². The molecule has 1 saturated heterocycles. The van der Waals surface area contributed by atoms with Crippen molar-refractivity contribution in [2.24, 2.45) is 5.41 Å². The van der Waals surface area contributed by atoms with Crippen LogP contribution in [0.1, 0.15) is 32.1 Å². The monoisotopic (exact) mass is 150 g/mol. The summed E-state index contributed by atoms with van der Waals surface area (Å²) in [6.45, 7) is 2.21. The van der Waals surface area contributed by atoms with Crippen molar-refractivity contribution in [1.82, 2.24) is 5.32 Å². The first-order chi connectivity index (χ1) is 5.41. The second-order valence-electron chi connectivity index (χ2n) is 3.87. The highest BCUT2D eigenvalue weighted by molar-refractivity contribution is 5.05. The number of rotatable bonds is 0. The Bertz CT molecular complexity index is 154. The number of hydrogen-bond acceptors (Lipinski definition) is 0. The maximum atomic E-state index is 4.50. The molecule has 1 aliphatic heterocycles. The fraction of sp³-hybridized carbons (Fsp3) is 0.800. The molecule has 0 aromatic heterocycles. The Morgan fingerprint density at radius 2 is 2.09 bits per heavy atom. The van der Waals surface area contributed by atoms with E-state index < -0.39 is 0 Å². The first kappa shape index (κ1) is 7.35. The van der Waals surface area contributed by atoms with E-state index in [9.17, 15) is 0 Å². The van der Waals surface area contributed by atoms with Gasteiger partial charge in [0.15, 0.2) is 0 Å². The van der Waals surface area contributed by atoms with Gasteiger partial charge in [0.05, 0.1) is 0 Å². The molecule has 0 aromatic rings. The summed E-state index contributed by atoms with van der Waals surface area (Å²) in [4.78, 5) is 0. The Morgan fingerprint density at radius 3 is 2.73 bits per heavy atom. The van der Waals surface area contributed by atoms with Crippen LogP contribution in [0, 0.1) is 5.41 Å². The Labute approximate surface area is 68.9 Å². The number of allylic oxidation sites excluding steroid dienone is 1. The van der Waals surface area contributed by atoms with Crippen LogP contribution in [0.15, 0.2) is 12.2 Å². The molecule has 1 atom stereocenters. The van der Waals surface area contributed by atoms with Gasteiger partial charge >= 0.3 is 0 Å². The first-order valence-electron chi connectivity index (χ1n) is 4.72. The molecule has 0 aromatic carbocycles. The van der Waals surface area contributed by atoms with E-state index in [-0.39, 0.29) is 0 Å². The zero-order valence-corrected chi connectivity index (χ0v) is 7.05. The summed E-state index contributed by atoms with van der Waals surface area (Å²) in [6.07, 6.45) is 11.5. The molecule has 1 heterocycles. The van der Waals surface area contributed by atoms with Crippen LogP contribution in [0.5, 0.6) is 0 Å². The Balaban J connectivity index is 2.06. The molecule has 1 heteroatoms. The number of nitrogens with zero attached hydrogens (tertiary/aromatic N) is 1. The van der Waals surface area contributed by atoms with Crippen LogP contribution in [-0.2, 0) is 0 Å². The van der Waals surface area contributed by atoms with Crippen molar-refractivity contribution in [3.05, 3.63) is 12.2 Å². The highest BCUT2D eigenvalue weighted by Crippen LogP contribution is 2.36. The largest absolute Gasteiger partial charge is 0.241 e. The van der Waals surface area contributed by atoms with Gasteiger partial charge in [0.25, 0.3) is 0 Å². The van der Waals surface area contributed by atoms with E-state index >= 15 is 0 Å². The third-order valence-electron chi connectivity index (χ3n) is 2.93. The van der Waals surface area contributed by atoms with Gasteiger partial charge in [0.1, 0.15) is 0 Å². The highest BCUT2D eigenvalue weighted by atomic mass is 14.9. The molecule has 61 valence electrons. The molecular weight excluding hydrogens is 134 g/mol. The molecule has 0 bridgehead atoms. The second kappa shape index (κ2) is 2.98. The molecule has 2 aliphatic rings. The van der Waals surface area contributed by atoms with Gasteiger partial charge in [-0.1, -0.05) is 12.2 Å². The minimum Gasteiger partial charge on any atom is -0.241 e. The van der Waals surface area contributed by atoms with Gasteiger partial charge < -0.3 is 0 Å². The molecule has 0 N–H and O–H groups in total. The minimum atomic E-state index is 0.510. The van der Waals surface area contributed by atoms with Crippen molar-refractivity contribution in [3.63, 3.8) is 0 Å². The maximum Gasteiger partial charge on any atom is 0.0224 e. The minimum absolute atomic E-state index is 0.510. The first-order valence-corrected chi connectivity index (χ1v) is 4.72. The summed E-state index contributed by atoms with van der Waals surface area (Å²) in [7, 11) is 0. The highest BCUT2D eigenvalue weighted by Gasteiger charge is 2.30. The van der Waals surface area contributed by atoms with Crippen LogP contribution >= 0.6 is 0 Å². The maximum absolute atomic E-state index is 4.50. The summed E-state index contributed by atoms with van der Waals surface area (Å²) in [5, 5.41) is 4.50. The van der Waals surface area contributed by atoms with Crippen LogP contribution < -0.4 is 5.32 Å². The summed E-state index contributed by atoms with van der Waals surface area (Å²) in [6, 6.07) is 0. The smallest absolute Gasteiger partial charge is 0.0224 e. The molecule has 0 saturated carbocycles. The van der Waals surface area contributed by atoms with Gasteiger partial charge in [0.2, 0.25) is 0 Å². The summed E-state index contributed by atoms with van der Waals surface area (Å²) in [5.74, 6) is 0. The van der Waals surface area contributed by atoms with Crippen molar-refractivity contribution >= 4 is 0 Å². The zero-order chi connectivity index (χ0) is 7.57. The Hall–Kier alpha value is -0.300. The summed E-state index contributed by atoms with van der Waals surface area (Å²) >= 11 is 0. The average molecular weight is 150 g/mol. The lowest BCUT2D eigenvalue weighted by atomic mass is 9.74. The molecule has 1 nitrogen and oxygen atoms in total. The van der Waals surface area contributed by atoms with E-state index in [4.69, 9.17) is 0 Å². The molecule has 1 unspecified atom stereocenters. The van der Waals surface area contributed by atoms with Crippen LogP contribution in [-0.4, -0.2) is 13.1 Å². The molecule has 11 heavy (non-hydrogen) atoms. The Kier molecular flexibility index (Phi) is 1.99. The van der Waals surface area contributed by atoms with Gasteiger partial charge in [0, 0.05) is 18.5 Å². The normalized spacial score (nSPS) is 37.8. The Morgan fingerprint density at radius 1 is 1.18 bits per heavy atom. The third kappa shape index (κ3) is 1.48. The third-order valence-corrected chi connectivity index (χ3v) is 2.93. The lowest BCUT2D eigenvalue weighted by molar-refractivity contribution is 0.242. The zero-order valence-electron chi connectivity index (χ0n) is 7.05. The van der Waals surface area contributed by atoms with Gasteiger partial charge in [-0.2, -0.15) is 0 Å². The van der Waals surface area contributed by atoms with E-state index in [0.29, 0.717) is 5.41 Å². The van der Waals surface area contributed by atoms with Gasteiger partial charge in [-0.05, 0) is 32.1 Å². The van der Waals surface area contributed by atoms with Crippen LogP contribution in [0.4, 0.5) is 0 Å². The number of piperidine rings is 1. The van der Waals surface area contributed by atoms with Crippen molar-refractivity contribution in [2.75, 3.05) is 13.1 Å². The second-order valence-corrected chi connectivity index (χ2v) is 3.87. The molecule has 1 spiro atoms. The SMILES string of the molecule is C1=CC2(CCC1)CCC[N]C2. The van der Waals surface area contributed by atoms with E-state index in [1.807, 2.05) is 0 Å². The van der Waals surface area contributed by atoms with E-state index in [1.165, 1.54) is 32.1 Å². The fourth-order valence-corrected chi connectivity index (χ4v) is 2.25. The quantitative estimate of drug-likeness (QED) is 0.470. The number of hydrogen-bond donors (Lipinski definition) is 0. The van der Waals surface area contributed by atoms with E-state index in [2.05, 4.69) is 17.5 Å². The van der Waals surface area contributed by atoms with Crippen molar-refractivity contribution in [3.8, 4) is 0 Å². The predicted molar refractivity (Wildman–Crippen MR) is 46.5 cm³/mol. The van der Waals surface area contributed by atoms with E-state index in [1.54, 1.807) is 0 Å². The van der Waals surface area contributed by atoms with Crippen molar-refractivity contribution in [1.29, 1.82) is 0 Å². The van der Waals surface area contributed by atoms with Crippen molar-refractivity contribution in [2.45, 2.75) is 32.1 Å². The molecule has 1 radical (unpaired) electrons. The molecule has 2 rings (SSSR count). The standard InChI is InChI=1S/C10H16N/c1-2-5-10(6-3-1)7-4-8-11-9-10/h2,5H,1,3-4,6-9H2. The van der Waals surface area contributed by atoms with Gasteiger partial charge in [-0.25, -0.2) is 5.32 Å². The molecule has 1 fully saturated rings. The van der Waals surface area contributed by atoms with Crippen LogP contribution in [0.3, 0.4) is 0 Å². The van der Waals surface area contributed by atoms with Gasteiger partial charge in [-0.3, -0.25) is 0 Å². The molecule has 0 amide bonds. The lowest BCUT2D eigenvalue weighted by Gasteiger charge is -2.36. The molecular formula is C10H16N. The van der Waals surface area contributed by atoms with E-state index in [0.717, 1.165) is 13.1 Å². The topological polar surface area (TPSA) is 14.1 Å². The summed E-state index contributed by atoms with van der Waals surface area (Å²) < 4.78 is 0. The predicted octanol–water partition coefficient (Wildman–Crippen LogP) is 2.11. The average Bonchev–Trinajstić information content (AvgIpc) is 2.07. The lowest BCUT2D eigenvalue weighted by Crippen LogP contribution is -2.35. The molecule has 1 aliphatic carbocycles.